The predicted octanol–water partition coefficient (Wildman–Crippen LogP) is 4.04. The van der Waals surface area contributed by atoms with E-state index in [0.717, 1.165) is 42.8 Å². The van der Waals surface area contributed by atoms with E-state index in [4.69, 9.17) is 9.16 Å². The molecule has 0 N–H and O–H groups in total. The van der Waals surface area contributed by atoms with Crippen LogP contribution in [0.1, 0.15) is 43.7 Å². The van der Waals surface area contributed by atoms with Gasteiger partial charge >= 0.3 is 0 Å². The van der Waals surface area contributed by atoms with Gasteiger partial charge in [0.05, 0.1) is 23.8 Å². The highest BCUT2D eigenvalue weighted by molar-refractivity contribution is 7.91. The highest BCUT2D eigenvalue weighted by Crippen LogP contribution is 2.37. The Morgan fingerprint density at radius 3 is 2.22 bits per heavy atom. The molecule has 1 aromatic heterocycles. The second-order valence-corrected chi connectivity index (χ2v) is 14.2. The van der Waals surface area contributed by atoms with Crippen molar-refractivity contribution in [1.29, 1.82) is 0 Å². The van der Waals surface area contributed by atoms with E-state index in [1.54, 1.807) is 18.2 Å². The van der Waals surface area contributed by atoms with E-state index in [1.807, 2.05) is 6.07 Å². The minimum atomic E-state index is -3.77. The molecular formula is C24H36N2O4SSi. The average molecular weight is 477 g/mol. The summed E-state index contributed by atoms with van der Waals surface area (Å²) in [5.41, 5.74) is 2.84. The molecule has 1 aromatic carbocycles. The van der Waals surface area contributed by atoms with E-state index < -0.39 is 18.9 Å². The van der Waals surface area contributed by atoms with Crippen LogP contribution in [0.2, 0.25) is 13.1 Å². The highest BCUT2D eigenvalue weighted by atomic mass is 32.2. The number of nitrogens with zero attached hydrogens (tertiary/aromatic N) is 2. The Morgan fingerprint density at radius 1 is 1.09 bits per heavy atom. The van der Waals surface area contributed by atoms with Crippen molar-refractivity contribution < 1.29 is 17.6 Å². The largest absolute Gasteiger partial charge is 0.495 e. The van der Waals surface area contributed by atoms with Crippen LogP contribution in [-0.2, 0) is 27.1 Å². The van der Waals surface area contributed by atoms with E-state index in [0.29, 0.717) is 5.75 Å². The fourth-order valence-electron chi connectivity index (χ4n) is 4.04. The lowest BCUT2D eigenvalue weighted by Gasteiger charge is -2.32. The first kappa shape index (κ1) is 24.9. The Balaban J connectivity index is 2.00. The molecule has 2 heterocycles. The van der Waals surface area contributed by atoms with Gasteiger partial charge in [0.25, 0.3) is 0 Å². The van der Waals surface area contributed by atoms with Gasteiger partial charge in [0, 0.05) is 19.3 Å². The monoisotopic (exact) mass is 476 g/mol. The molecule has 1 atom stereocenters. The van der Waals surface area contributed by atoms with Crippen molar-refractivity contribution in [3.8, 4) is 5.75 Å². The number of hydrogen-bond acceptors (Lipinski definition) is 6. The first-order chi connectivity index (χ1) is 14.9. The lowest BCUT2D eigenvalue weighted by Crippen LogP contribution is -2.26. The maximum absolute atomic E-state index is 13.6. The first-order valence-corrected chi connectivity index (χ1v) is 15.4. The summed E-state index contributed by atoms with van der Waals surface area (Å²) in [5, 5.41) is 0. The zero-order valence-electron chi connectivity index (χ0n) is 20.3. The minimum absolute atomic E-state index is 0.141. The van der Waals surface area contributed by atoms with Crippen LogP contribution >= 0.6 is 0 Å². The number of fused-ring (bicyclic) bond motifs is 1. The van der Waals surface area contributed by atoms with E-state index in [-0.39, 0.29) is 21.3 Å². The number of likely N-dealkylation sites (N-methyl/N-ethyl adjacent to an activating group) is 1. The van der Waals surface area contributed by atoms with Gasteiger partial charge in [0.15, 0.2) is 9.04 Å². The van der Waals surface area contributed by atoms with Gasteiger partial charge in [-0.15, -0.1) is 0 Å². The smallest absolute Gasteiger partial charge is 0.211 e. The first-order valence-electron chi connectivity index (χ1n) is 11.2. The Bertz CT molecular complexity index is 1050. The van der Waals surface area contributed by atoms with Crippen molar-refractivity contribution in [2.24, 2.45) is 5.41 Å². The summed E-state index contributed by atoms with van der Waals surface area (Å²) in [6.45, 7) is 12.4. The van der Waals surface area contributed by atoms with Gasteiger partial charge in [-0.25, -0.2) is 8.42 Å². The number of sulfone groups is 1. The third-order valence-corrected chi connectivity index (χ3v) is 8.41. The second kappa shape index (κ2) is 9.63. The van der Waals surface area contributed by atoms with Gasteiger partial charge in [-0.1, -0.05) is 20.8 Å². The number of hydrogen-bond donors (Lipinski definition) is 0. The van der Waals surface area contributed by atoms with Crippen LogP contribution in [0.4, 0.5) is 0 Å². The molecular weight excluding hydrogens is 440 g/mol. The van der Waals surface area contributed by atoms with Crippen LogP contribution in [-0.4, -0.2) is 54.6 Å². The third kappa shape index (κ3) is 5.42. The Kier molecular flexibility index (Phi) is 7.49. The number of ether oxygens (including phenoxy) is 1. The van der Waals surface area contributed by atoms with Gasteiger partial charge in [0.2, 0.25) is 9.84 Å². The van der Waals surface area contributed by atoms with Crippen molar-refractivity contribution in [3.63, 3.8) is 0 Å². The molecule has 0 saturated carbocycles. The normalized spacial score (nSPS) is 16.5. The van der Waals surface area contributed by atoms with Crippen molar-refractivity contribution >= 4 is 18.9 Å². The molecule has 6 nitrogen and oxygen atoms in total. The molecule has 0 spiro atoms. The van der Waals surface area contributed by atoms with E-state index in [1.165, 1.54) is 13.3 Å². The van der Waals surface area contributed by atoms with Crippen molar-refractivity contribution in [2.45, 2.75) is 62.6 Å². The zero-order valence-corrected chi connectivity index (χ0v) is 22.3. The fraction of sp³-hybridized carbons (Fsp3) is 0.542. The number of methoxy groups -OCH3 is 1. The van der Waals surface area contributed by atoms with Gasteiger partial charge in [-0.05, 0) is 73.8 Å². The fourth-order valence-corrected chi connectivity index (χ4v) is 6.53. The molecule has 8 heteroatoms. The summed E-state index contributed by atoms with van der Waals surface area (Å²) in [4.78, 5) is 7.16. The van der Waals surface area contributed by atoms with E-state index >= 15 is 0 Å². The number of pyridine rings is 1. The van der Waals surface area contributed by atoms with Crippen molar-refractivity contribution in [3.05, 3.63) is 47.3 Å². The van der Waals surface area contributed by atoms with Crippen molar-refractivity contribution in [1.82, 2.24) is 9.88 Å². The van der Waals surface area contributed by atoms with Gasteiger partial charge in [0.1, 0.15) is 10.6 Å². The Hall–Kier alpha value is -1.74. The maximum atomic E-state index is 13.6. The van der Waals surface area contributed by atoms with Crippen LogP contribution in [0.15, 0.2) is 40.3 Å². The maximum Gasteiger partial charge on any atom is 0.211 e. The molecule has 0 aliphatic carbocycles. The second-order valence-electron chi connectivity index (χ2n) is 9.93. The standard InChI is InChI=1S/C24H36N2O4SSi/c1-24(2,3)23(30-32(6)7)20-9-8-19(16-25-20)31(27,28)22-15-18-11-13-26(4)12-10-17(18)14-21(22)29-5/h8-9,14-16,23,32H,10-13H2,1-7H3. The molecule has 0 fully saturated rings. The molecule has 1 aliphatic rings. The molecule has 0 bridgehead atoms. The topological polar surface area (TPSA) is 68.7 Å². The molecule has 2 aromatic rings. The van der Waals surface area contributed by atoms with Crippen LogP contribution < -0.4 is 4.74 Å². The molecule has 0 saturated heterocycles. The number of aromatic nitrogens is 1. The summed E-state index contributed by atoms with van der Waals surface area (Å²) in [6, 6.07) is 7.10. The van der Waals surface area contributed by atoms with E-state index in [9.17, 15) is 8.42 Å². The summed E-state index contributed by atoms with van der Waals surface area (Å²) in [7, 11) is -1.47. The molecule has 176 valence electrons. The average Bonchev–Trinajstić information content (AvgIpc) is 2.91. The Labute approximate surface area is 194 Å². The lowest BCUT2D eigenvalue weighted by molar-refractivity contribution is 0.0826. The minimum Gasteiger partial charge on any atom is -0.495 e. The van der Waals surface area contributed by atoms with Gasteiger partial charge < -0.3 is 14.1 Å². The van der Waals surface area contributed by atoms with Gasteiger partial charge in [-0.2, -0.15) is 0 Å². The molecule has 1 unspecified atom stereocenters. The summed E-state index contributed by atoms with van der Waals surface area (Å²) >= 11 is 0. The summed E-state index contributed by atoms with van der Waals surface area (Å²) < 4.78 is 38.8. The third-order valence-electron chi connectivity index (χ3n) is 5.83. The molecule has 1 aliphatic heterocycles. The molecule has 0 radical (unpaired) electrons. The van der Waals surface area contributed by atoms with Crippen LogP contribution in [0.3, 0.4) is 0 Å². The SMILES string of the molecule is COc1cc2c(cc1S(=O)(=O)c1ccc(C(O[SiH](C)C)C(C)(C)C)nc1)CCN(C)CC2. The highest BCUT2D eigenvalue weighted by Gasteiger charge is 2.30. The van der Waals surface area contributed by atoms with Crippen LogP contribution in [0, 0.1) is 5.41 Å². The quantitative estimate of drug-likeness (QED) is 0.586. The van der Waals surface area contributed by atoms with Crippen LogP contribution in [0.5, 0.6) is 5.75 Å². The van der Waals surface area contributed by atoms with E-state index in [2.05, 4.69) is 50.8 Å². The predicted molar refractivity (Wildman–Crippen MR) is 130 cm³/mol. The molecule has 3 rings (SSSR count). The summed E-state index contributed by atoms with van der Waals surface area (Å²) in [6.07, 6.45) is 2.98. The lowest BCUT2D eigenvalue weighted by atomic mass is 9.87. The summed E-state index contributed by atoms with van der Waals surface area (Å²) in [5.74, 6) is 0.388. The molecule has 0 amide bonds. The van der Waals surface area contributed by atoms with Crippen LogP contribution in [0.25, 0.3) is 0 Å². The zero-order chi connectivity index (χ0) is 23.7. The molecule has 32 heavy (non-hydrogen) atoms. The Morgan fingerprint density at radius 2 is 1.72 bits per heavy atom. The number of benzene rings is 1. The number of rotatable bonds is 6. The van der Waals surface area contributed by atoms with Gasteiger partial charge in [-0.3, -0.25) is 4.98 Å². The van der Waals surface area contributed by atoms with Crippen molar-refractivity contribution in [2.75, 3.05) is 27.2 Å².